The van der Waals surface area contributed by atoms with Gasteiger partial charge >= 0.3 is 0 Å². The molecule has 1 aromatic heterocycles. The molecular weight excluding hydrogens is 344 g/mol. The first-order chi connectivity index (χ1) is 13.2. The van der Waals surface area contributed by atoms with Gasteiger partial charge in [-0.15, -0.1) is 0 Å². The summed E-state index contributed by atoms with van der Waals surface area (Å²) in [6, 6.07) is 17.8. The van der Waals surface area contributed by atoms with Crippen LogP contribution in [-0.2, 0) is 11.2 Å². The van der Waals surface area contributed by atoms with Gasteiger partial charge in [-0.1, -0.05) is 18.2 Å². The molecule has 0 spiro atoms. The largest absolute Gasteiger partial charge is 0.496 e. The van der Waals surface area contributed by atoms with Crippen LogP contribution in [0.2, 0.25) is 0 Å². The highest BCUT2D eigenvalue weighted by molar-refractivity contribution is 6.02. The molecule has 6 heteroatoms. The van der Waals surface area contributed by atoms with Gasteiger partial charge in [-0.3, -0.25) is 9.59 Å². The quantitative estimate of drug-likeness (QED) is 0.661. The smallest absolute Gasteiger partial charge is 0.291 e. The van der Waals surface area contributed by atoms with E-state index in [-0.39, 0.29) is 17.6 Å². The minimum atomic E-state index is -0.325. The second-order valence-corrected chi connectivity index (χ2v) is 5.87. The monoisotopic (exact) mass is 364 g/mol. The predicted octanol–water partition coefficient (Wildman–Crippen LogP) is 4.11. The molecule has 0 atom stereocenters. The van der Waals surface area contributed by atoms with Gasteiger partial charge in [0.15, 0.2) is 5.76 Å². The number of nitrogens with one attached hydrogen (secondary N) is 2. The zero-order valence-corrected chi connectivity index (χ0v) is 14.9. The van der Waals surface area contributed by atoms with Crippen LogP contribution in [0.1, 0.15) is 22.5 Å². The van der Waals surface area contributed by atoms with Gasteiger partial charge in [0.1, 0.15) is 5.75 Å². The standard InChI is InChI=1S/C21H20N2O4/c1-26-18-6-3-2-5-15(18)8-13-20(24)22-16-9-11-17(12-10-16)23-21(25)19-7-4-14-27-19/h2-7,9-12,14H,8,13H2,1H3,(H,22,24)(H,23,25). The van der Waals surface area contributed by atoms with Gasteiger partial charge < -0.3 is 19.8 Å². The summed E-state index contributed by atoms with van der Waals surface area (Å²) in [5.41, 5.74) is 2.27. The Hall–Kier alpha value is -3.54. The fourth-order valence-electron chi connectivity index (χ4n) is 2.62. The van der Waals surface area contributed by atoms with Crippen molar-refractivity contribution in [2.24, 2.45) is 0 Å². The molecule has 0 radical (unpaired) electrons. The summed E-state index contributed by atoms with van der Waals surface area (Å²) in [7, 11) is 1.62. The van der Waals surface area contributed by atoms with E-state index in [1.165, 1.54) is 6.26 Å². The van der Waals surface area contributed by atoms with Crippen molar-refractivity contribution in [2.75, 3.05) is 17.7 Å². The molecule has 2 amide bonds. The summed E-state index contributed by atoms with van der Waals surface area (Å²) < 4.78 is 10.3. The number of anilines is 2. The highest BCUT2D eigenvalue weighted by Gasteiger charge is 2.09. The van der Waals surface area contributed by atoms with E-state index in [4.69, 9.17) is 9.15 Å². The average molecular weight is 364 g/mol. The number of carbonyl (C=O) groups is 2. The van der Waals surface area contributed by atoms with Crippen LogP contribution in [0, 0.1) is 0 Å². The average Bonchev–Trinajstić information content (AvgIpc) is 3.23. The van der Waals surface area contributed by atoms with Crippen molar-refractivity contribution in [3.63, 3.8) is 0 Å². The lowest BCUT2D eigenvalue weighted by Crippen LogP contribution is -2.13. The van der Waals surface area contributed by atoms with Crippen LogP contribution in [0.3, 0.4) is 0 Å². The summed E-state index contributed by atoms with van der Waals surface area (Å²) in [6.45, 7) is 0. The second kappa shape index (κ2) is 8.71. The summed E-state index contributed by atoms with van der Waals surface area (Å²) in [5.74, 6) is 0.604. The Morgan fingerprint density at radius 3 is 2.30 bits per heavy atom. The molecule has 6 nitrogen and oxygen atoms in total. The summed E-state index contributed by atoms with van der Waals surface area (Å²) in [4.78, 5) is 24.1. The van der Waals surface area contributed by atoms with Crippen molar-refractivity contribution in [1.82, 2.24) is 0 Å². The molecule has 0 unspecified atom stereocenters. The fourth-order valence-corrected chi connectivity index (χ4v) is 2.62. The third kappa shape index (κ3) is 4.98. The van der Waals surface area contributed by atoms with E-state index in [1.807, 2.05) is 24.3 Å². The number of hydrogen-bond acceptors (Lipinski definition) is 4. The Morgan fingerprint density at radius 1 is 0.926 bits per heavy atom. The maximum Gasteiger partial charge on any atom is 0.291 e. The van der Waals surface area contributed by atoms with E-state index in [0.717, 1.165) is 11.3 Å². The van der Waals surface area contributed by atoms with Gasteiger partial charge in [0.05, 0.1) is 13.4 Å². The second-order valence-electron chi connectivity index (χ2n) is 5.87. The van der Waals surface area contributed by atoms with Gasteiger partial charge in [-0.05, 0) is 54.4 Å². The molecule has 0 aliphatic rings. The number of methoxy groups -OCH3 is 1. The SMILES string of the molecule is COc1ccccc1CCC(=O)Nc1ccc(NC(=O)c2ccco2)cc1. The number of carbonyl (C=O) groups excluding carboxylic acids is 2. The van der Waals surface area contributed by atoms with E-state index in [0.29, 0.717) is 24.2 Å². The van der Waals surface area contributed by atoms with E-state index >= 15 is 0 Å². The first-order valence-electron chi connectivity index (χ1n) is 8.52. The molecule has 0 aliphatic heterocycles. The van der Waals surface area contributed by atoms with Crippen molar-refractivity contribution in [1.29, 1.82) is 0 Å². The number of ether oxygens (including phenoxy) is 1. The van der Waals surface area contributed by atoms with Crippen molar-refractivity contribution < 1.29 is 18.7 Å². The molecule has 27 heavy (non-hydrogen) atoms. The number of rotatable bonds is 7. The zero-order valence-electron chi connectivity index (χ0n) is 14.9. The summed E-state index contributed by atoms with van der Waals surface area (Å²) in [6.07, 6.45) is 2.38. The highest BCUT2D eigenvalue weighted by atomic mass is 16.5. The van der Waals surface area contributed by atoms with Crippen LogP contribution < -0.4 is 15.4 Å². The summed E-state index contributed by atoms with van der Waals surface area (Å²) >= 11 is 0. The Balaban J connectivity index is 1.51. The minimum absolute atomic E-state index is 0.0896. The van der Waals surface area contributed by atoms with Crippen LogP contribution in [0.5, 0.6) is 5.75 Å². The maximum atomic E-state index is 12.2. The lowest BCUT2D eigenvalue weighted by atomic mass is 10.1. The molecule has 3 rings (SSSR count). The lowest BCUT2D eigenvalue weighted by molar-refractivity contribution is -0.116. The molecule has 2 aromatic carbocycles. The van der Waals surface area contributed by atoms with Crippen LogP contribution in [0.15, 0.2) is 71.3 Å². The van der Waals surface area contributed by atoms with Crippen LogP contribution in [0.25, 0.3) is 0 Å². The third-order valence-corrected chi connectivity index (χ3v) is 3.99. The molecule has 0 saturated carbocycles. The molecule has 0 bridgehead atoms. The zero-order chi connectivity index (χ0) is 19.1. The van der Waals surface area contributed by atoms with Gasteiger partial charge in [0.25, 0.3) is 5.91 Å². The number of furan rings is 1. The first-order valence-corrected chi connectivity index (χ1v) is 8.52. The Morgan fingerprint density at radius 2 is 1.63 bits per heavy atom. The molecule has 2 N–H and O–H groups in total. The molecular formula is C21H20N2O4. The van der Waals surface area contributed by atoms with Crippen molar-refractivity contribution in [2.45, 2.75) is 12.8 Å². The molecule has 0 aliphatic carbocycles. The number of para-hydroxylation sites is 1. The van der Waals surface area contributed by atoms with E-state index in [9.17, 15) is 9.59 Å². The van der Waals surface area contributed by atoms with Gasteiger partial charge in [-0.25, -0.2) is 0 Å². The first kappa shape index (κ1) is 18.3. The van der Waals surface area contributed by atoms with Crippen LogP contribution in [-0.4, -0.2) is 18.9 Å². The number of aryl methyl sites for hydroxylation is 1. The minimum Gasteiger partial charge on any atom is -0.496 e. The molecule has 0 saturated heterocycles. The Kier molecular flexibility index (Phi) is 5.89. The van der Waals surface area contributed by atoms with Crippen molar-refractivity contribution >= 4 is 23.2 Å². The van der Waals surface area contributed by atoms with Crippen molar-refractivity contribution in [3.05, 3.63) is 78.3 Å². The van der Waals surface area contributed by atoms with Crippen molar-refractivity contribution in [3.8, 4) is 5.75 Å². The lowest BCUT2D eigenvalue weighted by Gasteiger charge is -2.09. The van der Waals surface area contributed by atoms with E-state index in [1.54, 1.807) is 43.5 Å². The normalized spacial score (nSPS) is 10.3. The topological polar surface area (TPSA) is 80.6 Å². The predicted molar refractivity (Wildman–Crippen MR) is 103 cm³/mol. The third-order valence-electron chi connectivity index (χ3n) is 3.99. The Bertz CT molecular complexity index is 902. The van der Waals surface area contributed by atoms with Gasteiger partial charge in [0, 0.05) is 17.8 Å². The van der Waals surface area contributed by atoms with Gasteiger partial charge in [0.2, 0.25) is 5.91 Å². The summed E-state index contributed by atoms with van der Waals surface area (Å²) in [5, 5.41) is 5.57. The van der Waals surface area contributed by atoms with E-state index in [2.05, 4.69) is 10.6 Å². The number of hydrogen-bond donors (Lipinski definition) is 2. The molecule has 138 valence electrons. The highest BCUT2D eigenvalue weighted by Crippen LogP contribution is 2.19. The van der Waals surface area contributed by atoms with Crippen LogP contribution >= 0.6 is 0 Å². The molecule has 0 fully saturated rings. The van der Waals surface area contributed by atoms with Crippen LogP contribution in [0.4, 0.5) is 11.4 Å². The maximum absolute atomic E-state index is 12.2. The number of amides is 2. The van der Waals surface area contributed by atoms with Gasteiger partial charge in [-0.2, -0.15) is 0 Å². The fraction of sp³-hybridized carbons (Fsp3) is 0.143. The molecule has 3 aromatic rings. The Labute approximate surface area is 157 Å². The molecule has 1 heterocycles. The number of benzene rings is 2. The van der Waals surface area contributed by atoms with E-state index < -0.39 is 0 Å².